The lowest BCUT2D eigenvalue weighted by Gasteiger charge is -2.72. The third kappa shape index (κ3) is 3.15. The Hall–Kier alpha value is -2.47. The van der Waals surface area contributed by atoms with Crippen molar-refractivity contribution in [2.24, 2.45) is 11.3 Å². The van der Waals surface area contributed by atoms with Gasteiger partial charge in [0.2, 0.25) is 5.91 Å². The molecule has 0 heterocycles. The molecule has 2 aromatic carbocycles. The Morgan fingerprint density at radius 2 is 1.71 bits per heavy atom. The van der Waals surface area contributed by atoms with Crippen molar-refractivity contribution in [1.29, 1.82) is 0 Å². The van der Waals surface area contributed by atoms with E-state index in [0.717, 1.165) is 6.07 Å². The van der Waals surface area contributed by atoms with Gasteiger partial charge < -0.3 is 10.6 Å². The highest BCUT2D eigenvalue weighted by Gasteiger charge is 2.71. The third-order valence-electron chi connectivity index (χ3n) is 6.06. The fraction of sp³-hybridized carbons (Fsp3) is 0.333. The van der Waals surface area contributed by atoms with Crippen molar-refractivity contribution in [3.05, 3.63) is 64.7 Å². The Morgan fingerprint density at radius 3 is 2.32 bits per heavy atom. The highest BCUT2D eigenvalue weighted by atomic mass is 35.5. The number of hydrogen-bond acceptors (Lipinski definition) is 2. The second-order valence-corrected chi connectivity index (χ2v) is 8.38. The molecule has 5 rings (SSSR count). The van der Waals surface area contributed by atoms with Gasteiger partial charge >= 0.3 is 0 Å². The molecule has 4 nitrogen and oxygen atoms in total. The van der Waals surface area contributed by atoms with E-state index in [1.54, 1.807) is 0 Å². The van der Waals surface area contributed by atoms with Gasteiger partial charge in [-0.15, -0.1) is 0 Å². The van der Waals surface area contributed by atoms with Crippen LogP contribution in [0.3, 0.4) is 0 Å². The van der Waals surface area contributed by atoms with E-state index in [0.29, 0.717) is 24.9 Å². The van der Waals surface area contributed by atoms with Gasteiger partial charge in [0.1, 0.15) is 11.6 Å². The monoisotopic (exact) mass is 404 g/mol. The maximum absolute atomic E-state index is 13.6. The summed E-state index contributed by atoms with van der Waals surface area (Å²) >= 11 is 5.65. The maximum Gasteiger partial charge on any atom is 0.251 e. The first-order valence-electron chi connectivity index (χ1n) is 9.06. The summed E-state index contributed by atoms with van der Waals surface area (Å²) in [6.07, 6.45) is 2.12. The first-order valence-corrected chi connectivity index (χ1v) is 9.44. The van der Waals surface area contributed by atoms with Gasteiger partial charge in [-0.1, -0.05) is 18.5 Å². The van der Waals surface area contributed by atoms with Crippen LogP contribution in [0.15, 0.2) is 42.5 Å². The zero-order valence-corrected chi connectivity index (χ0v) is 15.9. The van der Waals surface area contributed by atoms with E-state index in [1.807, 2.05) is 6.92 Å². The lowest BCUT2D eigenvalue weighted by molar-refractivity contribution is -0.184. The van der Waals surface area contributed by atoms with Crippen molar-refractivity contribution in [1.82, 2.24) is 5.32 Å². The van der Waals surface area contributed by atoms with Gasteiger partial charge in [0.25, 0.3) is 5.91 Å². The number of rotatable bonds is 5. The molecule has 7 heteroatoms. The molecule has 0 unspecified atom stereocenters. The van der Waals surface area contributed by atoms with Gasteiger partial charge in [0, 0.05) is 22.7 Å². The molecular formula is C21H19ClF2N2O2. The van der Waals surface area contributed by atoms with Crippen LogP contribution in [0.25, 0.3) is 0 Å². The molecule has 2 N–H and O–H groups in total. The predicted molar refractivity (Wildman–Crippen MR) is 102 cm³/mol. The summed E-state index contributed by atoms with van der Waals surface area (Å²) < 4.78 is 26.5. The van der Waals surface area contributed by atoms with Crippen molar-refractivity contribution in [2.75, 3.05) is 5.32 Å². The topological polar surface area (TPSA) is 58.2 Å². The van der Waals surface area contributed by atoms with E-state index < -0.39 is 5.82 Å². The molecule has 3 saturated carbocycles. The lowest BCUT2D eigenvalue weighted by Crippen LogP contribution is -2.77. The van der Waals surface area contributed by atoms with E-state index in [2.05, 4.69) is 10.6 Å². The number of carbonyl (C=O) groups is 2. The van der Waals surface area contributed by atoms with Crippen LogP contribution in [-0.2, 0) is 4.79 Å². The number of amides is 2. The molecule has 3 fully saturated rings. The number of halogens is 3. The van der Waals surface area contributed by atoms with Gasteiger partial charge in [-0.3, -0.25) is 9.59 Å². The molecule has 2 aromatic rings. The highest BCUT2D eigenvalue weighted by molar-refractivity contribution is 6.30. The normalized spacial score (nSPS) is 25.9. The molecule has 2 bridgehead atoms. The zero-order valence-electron chi connectivity index (χ0n) is 15.2. The van der Waals surface area contributed by atoms with E-state index in [9.17, 15) is 18.4 Å². The molecular weight excluding hydrogens is 386 g/mol. The second-order valence-electron chi connectivity index (χ2n) is 7.97. The van der Waals surface area contributed by atoms with Gasteiger partial charge in [-0.05, 0) is 67.1 Å². The number of hydrogen-bond donors (Lipinski definition) is 2. The summed E-state index contributed by atoms with van der Waals surface area (Å²) in [7, 11) is 0. The summed E-state index contributed by atoms with van der Waals surface area (Å²) in [4.78, 5) is 24.9. The Bertz CT molecular complexity index is 942. The average molecular weight is 405 g/mol. The molecule has 3 aliphatic rings. The van der Waals surface area contributed by atoms with Crippen LogP contribution >= 0.6 is 11.6 Å². The summed E-state index contributed by atoms with van der Waals surface area (Å²) in [6, 6.07) is 9.61. The van der Waals surface area contributed by atoms with E-state index in [-0.39, 0.29) is 45.1 Å². The number of carbonyl (C=O) groups excluding carboxylic acids is 2. The van der Waals surface area contributed by atoms with Crippen molar-refractivity contribution in [3.63, 3.8) is 0 Å². The molecule has 3 aliphatic carbocycles. The summed E-state index contributed by atoms with van der Waals surface area (Å²) in [5, 5.41) is 5.76. The third-order valence-corrected chi connectivity index (χ3v) is 6.36. The van der Waals surface area contributed by atoms with Gasteiger partial charge in [0.15, 0.2) is 0 Å². The minimum Gasteiger partial charge on any atom is -0.347 e. The second kappa shape index (κ2) is 6.55. The summed E-state index contributed by atoms with van der Waals surface area (Å²) in [6.45, 7) is 1.87. The van der Waals surface area contributed by atoms with Crippen LogP contribution in [0.2, 0.25) is 5.02 Å². The molecule has 0 saturated heterocycles. The molecule has 1 atom stereocenters. The highest BCUT2D eigenvalue weighted by Crippen LogP contribution is 2.70. The standard InChI is InChI=1S/C21H19ClF2N2O2/c1-12(18(27)25-15-5-3-14(23)4-6-15)20-9-21(10-20,11-20)26-19(28)13-2-7-16(22)17(24)8-13/h2-8,12H,9-11H2,1H3,(H,25,27)(H,26,28)/t12-,20?,21?/m1/s1. The Kier molecular flexibility index (Phi) is 4.42. The number of benzene rings is 2. The van der Waals surface area contributed by atoms with Crippen LogP contribution in [0.5, 0.6) is 0 Å². The smallest absolute Gasteiger partial charge is 0.251 e. The van der Waals surface area contributed by atoms with Crippen LogP contribution < -0.4 is 10.6 Å². The Balaban J connectivity index is 1.34. The minimum absolute atomic E-state index is 0.0259. The van der Waals surface area contributed by atoms with Crippen LogP contribution in [0.1, 0.15) is 36.5 Å². The van der Waals surface area contributed by atoms with Gasteiger partial charge in [0.05, 0.1) is 5.02 Å². The van der Waals surface area contributed by atoms with Crippen LogP contribution in [0.4, 0.5) is 14.5 Å². The fourth-order valence-electron chi connectivity index (χ4n) is 4.47. The molecule has 0 radical (unpaired) electrons. The number of anilines is 1. The molecule has 28 heavy (non-hydrogen) atoms. The van der Waals surface area contributed by atoms with Crippen LogP contribution in [-0.4, -0.2) is 17.4 Å². The quantitative estimate of drug-likeness (QED) is 0.768. The molecule has 0 aromatic heterocycles. The minimum atomic E-state index is -0.630. The molecule has 0 aliphatic heterocycles. The summed E-state index contributed by atoms with van der Waals surface area (Å²) in [5.41, 5.74) is 0.320. The van der Waals surface area contributed by atoms with Crippen molar-refractivity contribution in [3.8, 4) is 0 Å². The SMILES string of the molecule is C[C@H](C(=O)Nc1ccc(F)cc1)C12CC(NC(=O)c3ccc(Cl)c(F)c3)(C1)C2. The maximum atomic E-state index is 13.6. The zero-order chi connectivity index (χ0) is 20.1. The first-order chi connectivity index (χ1) is 13.2. The Labute approximate surface area is 166 Å². The van der Waals surface area contributed by atoms with Gasteiger partial charge in [-0.2, -0.15) is 0 Å². The van der Waals surface area contributed by atoms with E-state index >= 15 is 0 Å². The van der Waals surface area contributed by atoms with E-state index in [1.165, 1.54) is 36.4 Å². The van der Waals surface area contributed by atoms with Crippen molar-refractivity contribution >= 4 is 29.1 Å². The Morgan fingerprint density at radius 1 is 1.07 bits per heavy atom. The largest absolute Gasteiger partial charge is 0.347 e. The molecule has 146 valence electrons. The van der Waals surface area contributed by atoms with Crippen molar-refractivity contribution < 1.29 is 18.4 Å². The predicted octanol–water partition coefficient (Wildman–Crippen LogP) is 4.55. The fourth-order valence-corrected chi connectivity index (χ4v) is 4.59. The number of nitrogens with one attached hydrogen (secondary N) is 2. The molecule has 0 spiro atoms. The summed E-state index contributed by atoms with van der Waals surface area (Å²) in [5.74, 6) is -1.68. The van der Waals surface area contributed by atoms with E-state index in [4.69, 9.17) is 11.6 Å². The van der Waals surface area contributed by atoms with Crippen molar-refractivity contribution in [2.45, 2.75) is 31.7 Å². The van der Waals surface area contributed by atoms with Gasteiger partial charge in [-0.25, -0.2) is 8.78 Å². The van der Waals surface area contributed by atoms with Crippen LogP contribution in [0, 0.1) is 23.0 Å². The average Bonchev–Trinajstić information content (AvgIpc) is 2.60. The first kappa shape index (κ1) is 18.9. The lowest BCUT2D eigenvalue weighted by atomic mass is 9.36. The molecule has 2 amide bonds.